The molecule has 0 atom stereocenters. The summed E-state index contributed by atoms with van der Waals surface area (Å²) in [6.07, 6.45) is -0.801. The van der Waals surface area contributed by atoms with Crippen LogP contribution in [0.15, 0.2) is 91.0 Å². The molecule has 204 valence electrons. The number of benzene rings is 4. The molecule has 5 rings (SSSR count). The zero-order valence-corrected chi connectivity index (χ0v) is 22.1. The largest absolute Gasteiger partial charge is 0.512 e. The van der Waals surface area contributed by atoms with E-state index in [1.807, 2.05) is 77.4 Å². The Morgan fingerprint density at radius 3 is 2.45 bits per heavy atom. The van der Waals surface area contributed by atoms with Gasteiger partial charge in [0.1, 0.15) is 5.75 Å². The molecule has 0 saturated heterocycles. The number of hydrogen-bond donors (Lipinski definition) is 2. The minimum Gasteiger partial charge on any atom is -0.493 e. The molecule has 0 saturated carbocycles. The number of nitrogens with zero attached hydrogens (tertiary/aromatic N) is 1. The number of rotatable bonds is 11. The van der Waals surface area contributed by atoms with Crippen LogP contribution >= 0.6 is 0 Å². The van der Waals surface area contributed by atoms with Crippen molar-refractivity contribution in [2.45, 2.75) is 13.0 Å². The Morgan fingerprint density at radius 1 is 0.875 bits per heavy atom. The van der Waals surface area contributed by atoms with Crippen LogP contribution in [0.25, 0.3) is 32.8 Å². The fraction of sp³-hybridized carbons (Fsp3) is 0.188. The lowest BCUT2D eigenvalue weighted by Crippen LogP contribution is -2.26. The molecule has 1 aromatic heterocycles. The molecular formula is C32H30N2O6. The quantitative estimate of drug-likeness (QED) is 0.150. The Morgan fingerprint density at radius 2 is 1.62 bits per heavy atom. The number of carbonyl (C=O) groups excluding carboxylic acids is 1. The lowest BCUT2D eigenvalue weighted by atomic mass is 10.0. The summed E-state index contributed by atoms with van der Waals surface area (Å²) < 4.78 is 18.4. The van der Waals surface area contributed by atoms with Gasteiger partial charge in [-0.3, -0.25) is 4.79 Å². The van der Waals surface area contributed by atoms with E-state index >= 15 is 0 Å². The highest BCUT2D eigenvalue weighted by Crippen LogP contribution is 2.41. The Balaban J connectivity index is 1.44. The smallest absolute Gasteiger partial charge is 0.493 e. The molecule has 4 aromatic carbocycles. The van der Waals surface area contributed by atoms with Gasteiger partial charge in [-0.1, -0.05) is 66.7 Å². The second kappa shape index (κ2) is 12.4. The predicted octanol–water partition coefficient (Wildman–Crippen LogP) is 6.36. The van der Waals surface area contributed by atoms with E-state index in [9.17, 15) is 14.7 Å². The molecule has 0 aliphatic heterocycles. The molecule has 40 heavy (non-hydrogen) atoms. The molecule has 1 heterocycles. The van der Waals surface area contributed by atoms with Crippen molar-refractivity contribution in [3.63, 3.8) is 0 Å². The molecule has 8 nitrogen and oxygen atoms in total. The molecular weight excluding hydrogens is 508 g/mol. The van der Waals surface area contributed by atoms with Crippen molar-refractivity contribution in [3.05, 3.63) is 96.6 Å². The van der Waals surface area contributed by atoms with Gasteiger partial charge in [-0.25, -0.2) is 4.79 Å². The molecule has 0 aliphatic rings. The maximum atomic E-state index is 12.7. The van der Waals surface area contributed by atoms with Gasteiger partial charge in [0.2, 0.25) is 5.88 Å². The minimum atomic E-state index is -1.41. The van der Waals surface area contributed by atoms with Crippen molar-refractivity contribution >= 4 is 33.7 Å². The van der Waals surface area contributed by atoms with Gasteiger partial charge in [0.25, 0.3) is 5.91 Å². The van der Waals surface area contributed by atoms with Gasteiger partial charge >= 0.3 is 6.16 Å². The molecule has 0 fully saturated rings. The van der Waals surface area contributed by atoms with Gasteiger partial charge in [0.15, 0.2) is 0 Å². The van der Waals surface area contributed by atoms with Gasteiger partial charge in [0.05, 0.1) is 24.3 Å². The molecule has 0 radical (unpaired) electrons. The van der Waals surface area contributed by atoms with Gasteiger partial charge in [0, 0.05) is 36.5 Å². The number of amides is 1. The number of ether oxygens (including phenoxy) is 3. The van der Waals surface area contributed by atoms with E-state index in [-0.39, 0.29) is 11.8 Å². The monoisotopic (exact) mass is 538 g/mol. The van der Waals surface area contributed by atoms with Crippen LogP contribution in [0.4, 0.5) is 4.79 Å². The third-order valence-electron chi connectivity index (χ3n) is 6.65. The first-order valence-corrected chi connectivity index (χ1v) is 13.1. The average molecular weight is 539 g/mol. The third-order valence-corrected chi connectivity index (χ3v) is 6.65. The summed E-state index contributed by atoms with van der Waals surface area (Å²) in [6, 6.07) is 28.7. The molecule has 8 heteroatoms. The number of aryl methyl sites for hydroxylation is 1. The van der Waals surface area contributed by atoms with Crippen LogP contribution in [0.3, 0.4) is 0 Å². The van der Waals surface area contributed by atoms with Gasteiger partial charge in [-0.05, 0) is 41.6 Å². The first-order valence-electron chi connectivity index (χ1n) is 13.1. The minimum absolute atomic E-state index is 0.204. The van der Waals surface area contributed by atoms with Crippen molar-refractivity contribution in [2.24, 2.45) is 0 Å². The van der Waals surface area contributed by atoms with Crippen LogP contribution in [0, 0.1) is 0 Å². The standard InChI is InChI=1S/C32H30N2O6/c1-38-20-17-33-30(35)24-12-6-11-23(21-24)29-26-14-4-5-15-27(26)34(31(29)40-32(36)37)18-8-19-39-28-16-7-10-22-9-2-3-13-25(22)28/h2-7,9-16,21H,8,17-20H2,1H3,(H,33,35)(H,36,37). The first-order chi connectivity index (χ1) is 19.6. The molecule has 5 aromatic rings. The number of carboxylic acid groups (broad SMARTS) is 1. The Kier molecular flexibility index (Phi) is 8.27. The summed E-state index contributed by atoms with van der Waals surface area (Å²) in [5, 5.41) is 15.4. The van der Waals surface area contributed by atoms with Gasteiger partial charge in [-0.15, -0.1) is 0 Å². The van der Waals surface area contributed by atoms with Crippen LogP contribution in [0.1, 0.15) is 16.8 Å². The van der Waals surface area contributed by atoms with Gasteiger partial charge in [-0.2, -0.15) is 0 Å². The highest BCUT2D eigenvalue weighted by Gasteiger charge is 2.23. The van der Waals surface area contributed by atoms with Crippen LogP contribution in [0.2, 0.25) is 0 Å². The summed E-state index contributed by atoms with van der Waals surface area (Å²) in [5.74, 6) is 0.767. The summed E-state index contributed by atoms with van der Waals surface area (Å²) in [6.45, 7) is 1.68. The average Bonchev–Trinajstić information content (AvgIpc) is 3.27. The number of methoxy groups -OCH3 is 1. The number of nitrogens with one attached hydrogen (secondary N) is 1. The highest BCUT2D eigenvalue weighted by atomic mass is 16.7. The maximum Gasteiger partial charge on any atom is 0.512 e. The molecule has 0 spiro atoms. The van der Waals surface area contributed by atoms with Crippen molar-refractivity contribution in [1.82, 2.24) is 9.88 Å². The number of para-hydroxylation sites is 1. The summed E-state index contributed by atoms with van der Waals surface area (Å²) >= 11 is 0. The number of fused-ring (bicyclic) bond motifs is 2. The summed E-state index contributed by atoms with van der Waals surface area (Å²) in [4.78, 5) is 24.5. The Hall–Kier alpha value is -4.82. The zero-order valence-electron chi connectivity index (χ0n) is 22.1. The van der Waals surface area contributed by atoms with Crippen molar-refractivity contribution in [1.29, 1.82) is 0 Å². The SMILES string of the molecule is COCCNC(=O)c1cccc(-c2c(OC(=O)O)n(CCCOc3cccc4ccccc34)c3ccccc23)c1. The van der Waals surface area contributed by atoms with Crippen LogP contribution in [-0.4, -0.2) is 48.6 Å². The van der Waals surface area contributed by atoms with Crippen LogP contribution in [-0.2, 0) is 11.3 Å². The topological polar surface area (TPSA) is 99.0 Å². The lowest BCUT2D eigenvalue weighted by molar-refractivity contribution is 0.0937. The fourth-order valence-electron chi connectivity index (χ4n) is 4.88. The second-order valence-corrected chi connectivity index (χ2v) is 9.23. The highest BCUT2D eigenvalue weighted by molar-refractivity contribution is 6.02. The Labute approximate surface area is 231 Å². The molecule has 0 aliphatic carbocycles. The molecule has 0 unspecified atom stereocenters. The van der Waals surface area contributed by atoms with Crippen molar-refractivity contribution in [2.75, 3.05) is 26.9 Å². The number of carbonyl (C=O) groups is 2. The van der Waals surface area contributed by atoms with Crippen LogP contribution < -0.4 is 14.8 Å². The van der Waals surface area contributed by atoms with E-state index in [1.165, 1.54) is 0 Å². The van der Waals surface area contributed by atoms with E-state index < -0.39 is 6.16 Å². The molecule has 2 N–H and O–H groups in total. The molecule has 1 amide bonds. The van der Waals surface area contributed by atoms with Gasteiger partial charge < -0.3 is 29.2 Å². The van der Waals surface area contributed by atoms with Crippen molar-refractivity contribution < 1.29 is 28.9 Å². The summed E-state index contributed by atoms with van der Waals surface area (Å²) in [7, 11) is 1.57. The van der Waals surface area contributed by atoms with E-state index in [1.54, 1.807) is 25.3 Å². The predicted molar refractivity (Wildman–Crippen MR) is 154 cm³/mol. The van der Waals surface area contributed by atoms with E-state index in [0.717, 1.165) is 27.4 Å². The maximum absolute atomic E-state index is 12.7. The third kappa shape index (κ3) is 5.77. The lowest BCUT2D eigenvalue weighted by Gasteiger charge is -2.13. The van der Waals surface area contributed by atoms with E-state index in [4.69, 9.17) is 14.2 Å². The number of aromatic nitrogens is 1. The second-order valence-electron chi connectivity index (χ2n) is 9.23. The Bertz CT molecular complexity index is 1650. The zero-order chi connectivity index (χ0) is 27.9. The van der Waals surface area contributed by atoms with Crippen molar-refractivity contribution in [3.8, 4) is 22.8 Å². The van der Waals surface area contributed by atoms with E-state index in [0.29, 0.717) is 49.4 Å². The first kappa shape index (κ1) is 26.8. The van der Waals surface area contributed by atoms with Crippen LogP contribution in [0.5, 0.6) is 11.6 Å². The summed E-state index contributed by atoms with van der Waals surface area (Å²) in [5.41, 5.74) is 2.57. The number of hydrogen-bond acceptors (Lipinski definition) is 5. The molecule has 0 bridgehead atoms. The fourth-order valence-corrected chi connectivity index (χ4v) is 4.88. The normalized spacial score (nSPS) is 11.0. The van der Waals surface area contributed by atoms with E-state index in [2.05, 4.69) is 5.32 Å².